The van der Waals surface area contributed by atoms with Crippen LogP contribution in [-0.4, -0.2) is 178 Å². The van der Waals surface area contributed by atoms with Crippen molar-refractivity contribution in [2.45, 2.75) is 110 Å². The first kappa shape index (κ1) is 61.0. The highest BCUT2D eigenvalue weighted by molar-refractivity contribution is 5.89. The van der Waals surface area contributed by atoms with Crippen LogP contribution in [0.4, 0.5) is 5.69 Å². The summed E-state index contributed by atoms with van der Waals surface area (Å²) in [5.41, 5.74) is 1.51. The van der Waals surface area contributed by atoms with Gasteiger partial charge in [-0.15, -0.1) is 0 Å². The second kappa shape index (κ2) is 53.0. The first-order chi connectivity index (χ1) is 32.3. The minimum Gasteiger partial charge on any atom is -0.460 e. The highest BCUT2D eigenvalue weighted by Crippen LogP contribution is 2.13. The van der Waals surface area contributed by atoms with Gasteiger partial charge in [0.1, 0.15) is 6.61 Å². The Balaban J connectivity index is 1.64. The van der Waals surface area contributed by atoms with Crippen LogP contribution in [-0.2, 0) is 61.6 Å². The standard InChI is InChI=1S/C50H93NO14/c1-3-5-7-8-9-10-11-12-13-14-15-16-17-23-53-24-25-54-26-27-55-28-29-56-30-31-57-32-33-58-34-35-59-36-37-60-38-39-61-40-41-62-42-43-63-44-45-64-46-47-65-50(52)48-18-20-49(21-19-48)51-22-6-4-2/h18-21,51H,3-17,22-47H2,1-2H3. The lowest BCUT2D eigenvalue weighted by Gasteiger charge is -2.09. The Labute approximate surface area is 394 Å². The number of ether oxygens (including phenoxy) is 13. The summed E-state index contributed by atoms with van der Waals surface area (Å²) >= 11 is 0. The van der Waals surface area contributed by atoms with Gasteiger partial charge in [-0.3, -0.25) is 0 Å². The maximum Gasteiger partial charge on any atom is 0.338 e. The van der Waals surface area contributed by atoms with Crippen molar-refractivity contribution in [2.75, 3.05) is 177 Å². The predicted octanol–water partition coefficient (Wildman–Crippen LogP) is 8.35. The summed E-state index contributed by atoms with van der Waals surface area (Å²) in [4.78, 5) is 12.2. The Kier molecular flexibility index (Phi) is 49.7. The Hall–Kier alpha value is -1.99. The van der Waals surface area contributed by atoms with Crippen LogP contribution in [0.3, 0.4) is 0 Å². The highest BCUT2D eigenvalue weighted by Gasteiger charge is 2.07. The van der Waals surface area contributed by atoms with Gasteiger partial charge in [-0.05, 0) is 37.1 Å². The largest absolute Gasteiger partial charge is 0.460 e. The number of hydrogen-bond donors (Lipinski definition) is 1. The molecule has 0 saturated carbocycles. The monoisotopic (exact) mass is 932 g/mol. The second-order valence-electron chi connectivity index (χ2n) is 15.6. The van der Waals surface area contributed by atoms with E-state index in [1.54, 1.807) is 12.1 Å². The van der Waals surface area contributed by atoms with Gasteiger partial charge in [-0.2, -0.15) is 0 Å². The predicted molar refractivity (Wildman–Crippen MR) is 256 cm³/mol. The molecule has 0 aliphatic heterocycles. The van der Waals surface area contributed by atoms with Crippen LogP contribution in [0.5, 0.6) is 0 Å². The van der Waals surface area contributed by atoms with E-state index < -0.39 is 0 Å². The Morgan fingerprint density at radius 3 is 0.892 bits per heavy atom. The summed E-state index contributed by atoms with van der Waals surface area (Å²) in [5, 5.41) is 3.32. The van der Waals surface area contributed by atoms with Crippen molar-refractivity contribution in [1.29, 1.82) is 0 Å². The van der Waals surface area contributed by atoms with Crippen LogP contribution in [0.1, 0.15) is 121 Å². The van der Waals surface area contributed by atoms with E-state index in [4.69, 9.17) is 61.6 Å². The van der Waals surface area contributed by atoms with Gasteiger partial charge in [-0.25, -0.2) is 4.79 Å². The molecule has 1 rings (SSSR count). The summed E-state index contributed by atoms with van der Waals surface area (Å²) in [6, 6.07) is 7.30. The molecule has 0 aliphatic rings. The van der Waals surface area contributed by atoms with Gasteiger partial charge < -0.3 is 66.9 Å². The van der Waals surface area contributed by atoms with Crippen molar-refractivity contribution in [3.8, 4) is 0 Å². The lowest BCUT2D eigenvalue weighted by Crippen LogP contribution is -2.16. The lowest BCUT2D eigenvalue weighted by molar-refractivity contribution is -0.0288. The van der Waals surface area contributed by atoms with Gasteiger partial charge in [-0.1, -0.05) is 97.3 Å². The van der Waals surface area contributed by atoms with Gasteiger partial charge in [0.05, 0.1) is 158 Å². The van der Waals surface area contributed by atoms with Crippen LogP contribution >= 0.6 is 0 Å². The van der Waals surface area contributed by atoms with Crippen molar-refractivity contribution in [1.82, 2.24) is 0 Å². The number of esters is 1. The molecule has 0 aromatic heterocycles. The van der Waals surface area contributed by atoms with E-state index in [1.807, 2.05) is 12.1 Å². The topological polar surface area (TPSA) is 149 Å². The summed E-state index contributed by atoms with van der Waals surface area (Å²) in [7, 11) is 0. The second-order valence-corrected chi connectivity index (χ2v) is 15.6. The Morgan fingerprint density at radius 1 is 0.323 bits per heavy atom. The first-order valence-electron chi connectivity index (χ1n) is 25.2. The number of unbranched alkanes of at least 4 members (excludes halogenated alkanes) is 13. The van der Waals surface area contributed by atoms with Gasteiger partial charge in [0, 0.05) is 18.8 Å². The third-order valence-electron chi connectivity index (χ3n) is 9.93. The van der Waals surface area contributed by atoms with Crippen molar-refractivity contribution in [3.05, 3.63) is 29.8 Å². The molecule has 15 heteroatoms. The third kappa shape index (κ3) is 46.9. The number of anilines is 1. The SMILES string of the molecule is CCCCCCCCCCCCCCCOCCOCCOCCOCCOCCOCCOCCOCCOCCOCCOCCOCCOC(=O)c1ccc(NCCCC)cc1. The van der Waals surface area contributed by atoms with E-state index in [-0.39, 0.29) is 12.6 Å². The number of nitrogens with one attached hydrogen (secondary N) is 1. The van der Waals surface area contributed by atoms with E-state index in [0.29, 0.717) is 158 Å². The molecule has 0 radical (unpaired) electrons. The molecule has 0 saturated heterocycles. The molecule has 0 fully saturated rings. The van der Waals surface area contributed by atoms with E-state index in [9.17, 15) is 4.79 Å². The Morgan fingerprint density at radius 2 is 0.585 bits per heavy atom. The minimum absolute atomic E-state index is 0.189. The van der Waals surface area contributed by atoms with Crippen LogP contribution in [0.2, 0.25) is 0 Å². The molecule has 0 amide bonds. The van der Waals surface area contributed by atoms with E-state index in [0.717, 1.165) is 38.1 Å². The fourth-order valence-corrected chi connectivity index (χ4v) is 6.15. The van der Waals surface area contributed by atoms with Gasteiger partial charge in [0.25, 0.3) is 0 Å². The molecule has 0 aliphatic carbocycles. The van der Waals surface area contributed by atoms with Gasteiger partial charge in [0.2, 0.25) is 0 Å². The van der Waals surface area contributed by atoms with Gasteiger partial charge in [0.15, 0.2) is 0 Å². The molecule has 0 unspecified atom stereocenters. The molecule has 1 aromatic rings. The smallest absolute Gasteiger partial charge is 0.338 e. The molecule has 0 bridgehead atoms. The molecule has 15 nitrogen and oxygen atoms in total. The maximum absolute atomic E-state index is 12.2. The van der Waals surface area contributed by atoms with Crippen LogP contribution in [0.15, 0.2) is 24.3 Å². The maximum atomic E-state index is 12.2. The van der Waals surface area contributed by atoms with Gasteiger partial charge >= 0.3 is 5.97 Å². The van der Waals surface area contributed by atoms with Crippen molar-refractivity contribution in [3.63, 3.8) is 0 Å². The average Bonchev–Trinajstić information content (AvgIpc) is 3.32. The van der Waals surface area contributed by atoms with E-state index in [2.05, 4.69) is 19.2 Å². The molecular weight excluding hydrogens is 839 g/mol. The van der Waals surface area contributed by atoms with Crippen LogP contribution in [0.25, 0.3) is 0 Å². The molecule has 1 aromatic carbocycles. The lowest BCUT2D eigenvalue weighted by atomic mass is 10.0. The Bertz CT molecular complexity index is 1070. The zero-order valence-electron chi connectivity index (χ0n) is 41.0. The van der Waals surface area contributed by atoms with Crippen LogP contribution in [0, 0.1) is 0 Å². The molecule has 0 heterocycles. The van der Waals surface area contributed by atoms with Crippen molar-refractivity contribution < 1.29 is 66.4 Å². The molecule has 65 heavy (non-hydrogen) atoms. The number of hydrogen-bond acceptors (Lipinski definition) is 15. The fourth-order valence-electron chi connectivity index (χ4n) is 6.15. The summed E-state index contributed by atoms with van der Waals surface area (Å²) in [5.74, 6) is -0.361. The summed E-state index contributed by atoms with van der Waals surface area (Å²) in [6.07, 6.45) is 20.0. The number of carbonyl (C=O) groups excluding carboxylic acids is 1. The van der Waals surface area contributed by atoms with Crippen molar-refractivity contribution >= 4 is 11.7 Å². The summed E-state index contributed by atoms with van der Waals surface area (Å²) < 4.78 is 71.7. The van der Waals surface area contributed by atoms with Crippen LogP contribution < -0.4 is 5.32 Å². The molecule has 0 atom stereocenters. The number of carbonyl (C=O) groups is 1. The number of rotatable bonds is 55. The third-order valence-corrected chi connectivity index (χ3v) is 9.93. The fraction of sp³-hybridized carbons (Fsp3) is 0.860. The molecule has 1 N–H and O–H groups in total. The normalized spacial score (nSPS) is 11.5. The van der Waals surface area contributed by atoms with E-state index >= 15 is 0 Å². The van der Waals surface area contributed by atoms with E-state index in [1.165, 1.54) is 77.0 Å². The average molecular weight is 932 g/mol. The number of benzene rings is 1. The van der Waals surface area contributed by atoms with Crippen molar-refractivity contribution in [2.24, 2.45) is 0 Å². The molecule has 0 spiro atoms. The molecular formula is C50H93NO14. The quantitative estimate of drug-likeness (QED) is 0.0492. The first-order valence-corrected chi connectivity index (χ1v) is 25.2. The zero-order chi connectivity index (χ0) is 46.5. The minimum atomic E-state index is -0.361. The zero-order valence-corrected chi connectivity index (χ0v) is 41.0. The molecule has 382 valence electrons. The highest BCUT2D eigenvalue weighted by atomic mass is 16.6. The summed E-state index contributed by atoms with van der Waals surface area (Å²) in [6.45, 7) is 17.9.